The number of hydrogen-bond donors (Lipinski definition) is 1. The van der Waals surface area contributed by atoms with Gasteiger partial charge in [0.05, 0.1) is 17.5 Å². The van der Waals surface area contributed by atoms with Crippen LogP contribution in [0, 0.1) is 25.5 Å². The molecule has 3 aromatic heterocycles. The minimum Gasteiger partial charge on any atom is -0.485 e. The number of hydrogen-bond acceptors (Lipinski definition) is 5. The predicted molar refractivity (Wildman–Crippen MR) is 119 cm³/mol. The van der Waals surface area contributed by atoms with Crippen molar-refractivity contribution in [2.75, 3.05) is 6.54 Å². The van der Waals surface area contributed by atoms with E-state index in [0.29, 0.717) is 29.3 Å². The van der Waals surface area contributed by atoms with Gasteiger partial charge in [0.15, 0.2) is 17.2 Å². The summed E-state index contributed by atoms with van der Waals surface area (Å²) in [5.74, 6) is -1.33. The number of ketones is 1. The van der Waals surface area contributed by atoms with E-state index in [4.69, 9.17) is 10.5 Å². The van der Waals surface area contributed by atoms with Crippen molar-refractivity contribution in [3.8, 4) is 5.75 Å². The van der Waals surface area contributed by atoms with Crippen molar-refractivity contribution < 1.29 is 18.3 Å². The standard InChI is InChI=1S/C24H25F2N5O2/c1-14-7-22(33-13-18-19(25)5-4-6-20(18)26)24-29-15(2)23(31(24)11-14)21(32)8-16(9-27)17-10-28-30(3)12-17/h4-7,10-12,16H,8-9,13,27H2,1-3H3. The lowest BCUT2D eigenvalue weighted by Crippen LogP contribution is -2.18. The summed E-state index contributed by atoms with van der Waals surface area (Å²) < 4.78 is 37.1. The number of nitrogens with two attached hydrogens (primary N) is 1. The minimum absolute atomic E-state index is 0.115. The Balaban J connectivity index is 1.66. The number of Topliss-reactive ketones (excluding diaryl/α,β-unsaturated/α-hetero) is 1. The summed E-state index contributed by atoms with van der Waals surface area (Å²) in [5, 5.41) is 4.17. The zero-order valence-electron chi connectivity index (χ0n) is 18.7. The number of aromatic nitrogens is 4. The molecule has 0 amide bonds. The van der Waals surface area contributed by atoms with Crippen molar-refractivity contribution >= 4 is 11.4 Å². The summed E-state index contributed by atoms with van der Waals surface area (Å²) in [5.41, 5.74) is 8.85. The molecule has 0 saturated carbocycles. The van der Waals surface area contributed by atoms with Gasteiger partial charge >= 0.3 is 0 Å². The highest BCUT2D eigenvalue weighted by Gasteiger charge is 2.24. The van der Waals surface area contributed by atoms with Gasteiger partial charge in [-0.1, -0.05) is 6.07 Å². The number of imidazole rings is 1. The van der Waals surface area contributed by atoms with Crippen molar-refractivity contribution in [3.05, 3.63) is 82.6 Å². The predicted octanol–water partition coefficient (Wildman–Crippen LogP) is 3.86. The van der Waals surface area contributed by atoms with Crippen molar-refractivity contribution in [2.24, 2.45) is 12.8 Å². The lowest BCUT2D eigenvalue weighted by molar-refractivity contribution is 0.0968. The maximum atomic E-state index is 14.0. The first-order valence-electron chi connectivity index (χ1n) is 10.5. The molecule has 0 radical (unpaired) electrons. The number of carbonyl (C=O) groups is 1. The van der Waals surface area contributed by atoms with Gasteiger partial charge in [-0.15, -0.1) is 0 Å². The highest BCUT2D eigenvalue weighted by Crippen LogP contribution is 2.28. The third-order valence-electron chi connectivity index (χ3n) is 5.61. The number of nitrogens with zero attached hydrogens (tertiary/aromatic N) is 4. The Morgan fingerprint density at radius 1 is 1.21 bits per heavy atom. The van der Waals surface area contributed by atoms with E-state index in [1.54, 1.807) is 34.5 Å². The van der Waals surface area contributed by atoms with Crippen molar-refractivity contribution in [1.82, 2.24) is 19.2 Å². The number of carbonyl (C=O) groups excluding carboxylic acids is 1. The molecule has 0 aliphatic carbocycles. The van der Waals surface area contributed by atoms with Crippen LogP contribution in [0.25, 0.3) is 5.65 Å². The maximum absolute atomic E-state index is 14.0. The van der Waals surface area contributed by atoms with Crippen LogP contribution in [0.15, 0.2) is 42.9 Å². The van der Waals surface area contributed by atoms with Crippen LogP contribution < -0.4 is 10.5 Å². The largest absolute Gasteiger partial charge is 0.485 e. The van der Waals surface area contributed by atoms with Crippen molar-refractivity contribution in [2.45, 2.75) is 32.8 Å². The minimum atomic E-state index is -0.683. The van der Waals surface area contributed by atoms with Crippen LogP contribution >= 0.6 is 0 Å². The Morgan fingerprint density at radius 3 is 2.58 bits per heavy atom. The molecule has 0 spiro atoms. The van der Waals surface area contributed by atoms with E-state index < -0.39 is 11.6 Å². The second-order valence-electron chi connectivity index (χ2n) is 8.12. The zero-order valence-corrected chi connectivity index (χ0v) is 18.7. The highest BCUT2D eigenvalue weighted by atomic mass is 19.1. The van der Waals surface area contributed by atoms with Gasteiger partial charge < -0.3 is 10.5 Å². The summed E-state index contributed by atoms with van der Waals surface area (Å²) in [6.07, 6.45) is 5.55. The van der Waals surface area contributed by atoms with Crippen LogP contribution in [0.2, 0.25) is 0 Å². The third kappa shape index (κ3) is 4.49. The monoisotopic (exact) mass is 453 g/mol. The fourth-order valence-corrected chi connectivity index (χ4v) is 3.93. The number of ether oxygens (including phenoxy) is 1. The topological polar surface area (TPSA) is 87.4 Å². The summed E-state index contributed by atoms with van der Waals surface area (Å²) in [7, 11) is 1.81. The van der Waals surface area contributed by atoms with Gasteiger partial charge in [0.25, 0.3) is 0 Å². The molecule has 0 saturated heterocycles. The van der Waals surface area contributed by atoms with E-state index in [-0.39, 0.29) is 30.3 Å². The molecule has 33 heavy (non-hydrogen) atoms. The molecule has 4 rings (SSSR count). The van der Waals surface area contributed by atoms with Gasteiger partial charge in [0.1, 0.15) is 23.9 Å². The van der Waals surface area contributed by atoms with Gasteiger partial charge in [-0.2, -0.15) is 5.10 Å². The van der Waals surface area contributed by atoms with E-state index in [1.807, 2.05) is 20.2 Å². The first-order chi connectivity index (χ1) is 15.8. The van der Waals surface area contributed by atoms with E-state index in [9.17, 15) is 13.6 Å². The quantitative estimate of drug-likeness (QED) is 0.410. The fraction of sp³-hybridized carbons (Fsp3) is 0.292. The number of benzene rings is 1. The number of aryl methyl sites for hydroxylation is 3. The fourth-order valence-electron chi connectivity index (χ4n) is 3.93. The Morgan fingerprint density at radius 2 is 1.94 bits per heavy atom. The first-order valence-corrected chi connectivity index (χ1v) is 10.5. The van der Waals surface area contributed by atoms with Gasteiger partial charge in [-0.25, -0.2) is 13.8 Å². The third-order valence-corrected chi connectivity index (χ3v) is 5.61. The average molecular weight is 453 g/mol. The second-order valence-corrected chi connectivity index (χ2v) is 8.12. The molecule has 4 aromatic rings. The van der Waals surface area contributed by atoms with E-state index in [0.717, 1.165) is 11.1 Å². The van der Waals surface area contributed by atoms with Crippen LogP contribution in [0.4, 0.5) is 8.78 Å². The molecule has 0 bridgehead atoms. The molecular weight excluding hydrogens is 428 g/mol. The van der Waals surface area contributed by atoms with Crippen LogP contribution in [-0.2, 0) is 13.7 Å². The lowest BCUT2D eigenvalue weighted by atomic mass is 9.95. The second kappa shape index (κ2) is 9.11. The SMILES string of the molecule is Cc1cc(OCc2c(F)cccc2F)c2nc(C)c(C(=O)CC(CN)c3cnn(C)c3)n2c1. The Bertz CT molecular complexity index is 1310. The number of pyridine rings is 1. The van der Waals surface area contributed by atoms with Gasteiger partial charge in [0, 0.05) is 31.8 Å². The first kappa shape index (κ1) is 22.6. The highest BCUT2D eigenvalue weighted by molar-refractivity contribution is 5.97. The summed E-state index contributed by atoms with van der Waals surface area (Å²) >= 11 is 0. The molecule has 0 fully saturated rings. The lowest BCUT2D eigenvalue weighted by Gasteiger charge is -2.13. The molecule has 7 nitrogen and oxygen atoms in total. The van der Waals surface area contributed by atoms with E-state index >= 15 is 0 Å². The Kier molecular flexibility index (Phi) is 6.24. The molecule has 1 aromatic carbocycles. The molecule has 1 unspecified atom stereocenters. The Labute approximate surface area is 189 Å². The smallest absolute Gasteiger partial charge is 0.182 e. The molecule has 2 N–H and O–H groups in total. The van der Waals surface area contributed by atoms with Crippen LogP contribution in [0.3, 0.4) is 0 Å². The zero-order chi connectivity index (χ0) is 23.7. The maximum Gasteiger partial charge on any atom is 0.182 e. The molecular formula is C24H25F2N5O2. The average Bonchev–Trinajstić information content (AvgIpc) is 3.34. The van der Waals surface area contributed by atoms with Gasteiger partial charge in [-0.3, -0.25) is 13.9 Å². The molecule has 1 atom stereocenters. The molecule has 0 aliphatic heterocycles. The molecule has 9 heteroatoms. The normalized spacial score (nSPS) is 12.3. The summed E-state index contributed by atoms with van der Waals surface area (Å²) in [6, 6.07) is 5.39. The van der Waals surface area contributed by atoms with E-state index in [1.165, 1.54) is 18.2 Å². The summed E-state index contributed by atoms with van der Waals surface area (Å²) in [6.45, 7) is 3.59. The van der Waals surface area contributed by atoms with Crippen LogP contribution in [0.5, 0.6) is 5.75 Å². The molecule has 0 aliphatic rings. The van der Waals surface area contributed by atoms with Crippen LogP contribution in [-0.4, -0.2) is 31.5 Å². The Hall–Kier alpha value is -3.59. The molecule has 172 valence electrons. The number of rotatable bonds is 8. The van der Waals surface area contributed by atoms with Crippen molar-refractivity contribution in [1.29, 1.82) is 0 Å². The molecule has 3 heterocycles. The number of halogens is 2. The number of fused-ring (bicyclic) bond motifs is 1. The summed E-state index contributed by atoms with van der Waals surface area (Å²) in [4.78, 5) is 17.8. The van der Waals surface area contributed by atoms with Crippen molar-refractivity contribution in [3.63, 3.8) is 0 Å². The van der Waals surface area contributed by atoms with Gasteiger partial charge in [0.2, 0.25) is 0 Å². The van der Waals surface area contributed by atoms with E-state index in [2.05, 4.69) is 10.1 Å². The van der Waals surface area contributed by atoms with Crippen LogP contribution in [0.1, 0.15) is 45.2 Å². The van der Waals surface area contributed by atoms with Gasteiger partial charge in [-0.05, 0) is 49.7 Å².